The number of carbonyl (C=O) groups excluding carboxylic acids is 1. The Morgan fingerprint density at radius 2 is 2.03 bits per heavy atom. The number of ether oxygens (including phenoxy) is 1. The minimum Gasteiger partial charge on any atom is -0.504 e. The third-order valence-electron chi connectivity index (χ3n) is 5.46. The van der Waals surface area contributed by atoms with Gasteiger partial charge in [0.15, 0.2) is 10.9 Å². The second-order valence-corrected chi connectivity index (χ2v) is 8.60. The standard InChI is InChI=1S/C22H27N3O3S2/c1-5-23-25(22(29)24-10-8-16(9-11-24)21(27)28-4)18-13-30-20(19(18)26)17-7-6-14(2)15(3)12-17/h5-7,12-13,16,26H,8-11H2,1-4H3. The molecule has 1 aromatic carbocycles. The van der Waals surface area contributed by atoms with Crippen molar-refractivity contribution in [3.05, 3.63) is 34.7 Å². The fraction of sp³-hybridized carbons (Fsp3) is 0.409. The van der Waals surface area contributed by atoms with Gasteiger partial charge in [-0.3, -0.25) is 4.79 Å². The average molecular weight is 446 g/mol. The van der Waals surface area contributed by atoms with Crippen molar-refractivity contribution in [3.63, 3.8) is 0 Å². The van der Waals surface area contributed by atoms with Gasteiger partial charge in [-0.1, -0.05) is 18.2 Å². The lowest BCUT2D eigenvalue weighted by atomic mass is 9.97. The summed E-state index contributed by atoms with van der Waals surface area (Å²) in [6.45, 7) is 7.22. The normalized spacial score (nSPS) is 14.9. The summed E-state index contributed by atoms with van der Waals surface area (Å²) < 4.78 is 4.86. The molecule has 1 saturated heterocycles. The number of piperidine rings is 1. The highest BCUT2D eigenvalue weighted by Gasteiger charge is 2.30. The SMILES string of the molecule is CC=NN(C(=S)N1CCC(C(=O)OC)CC1)c1csc(-c2ccc(C)c(C)c2)c1O. The van der Waals surface area contributed by atoms with Crippen molar-refractivity contribution in [2.75, 3.05) is 25.2 Å². The molecule has 30 heavy (non-hydrogen) atoms. The van der Waals surface area contributed by atoms with E-state index in [4.69, 9.17) is 17.0 Å². The number of thiophene rings is 1. The lowest BCUT2D eigenvalue weighted by Gasteiger charge is -2.35. The molecule has 0 amide bonds. The fourth-order valence-electron chi connectivity index (χ4n) is 3.52. The maximum absolute atomic E-state index is 11.8. The van der Waals surface area contributed by atoms with Crippen LogP contribution in [0.3, 0.4) is 0 Å². The molecule has 6 nitrogen and oxygen atoms in total. The molecular formula is C22H27N3O3S2. The maximum Gasteiger partial charge on any atom is 0.308 e. The molecule has 0 atom stereocenters. The van der Waals surface area contributed by atoms with Gasteiger partial charge < -0.3 is 14.7 Å². The zero-order chi connectivity index (χ0) is 21.8. The van der Waals surface area contributed by atoms with Gasteiger partial charge in [0.25, 0.3) is 0 Å². The van der Waals surface area contributed by atoms with Crippen molar-refractivity contribution in [2.45, 2.75) is 33.6 Å². The van der Waals surface area contributed by atoms with Crippen LogP contribution in [0.1, 0.15) is 30.9 Å². The average Bonchev–Trinajstić information content (AvgIpc) is 3.14. The molecule has 1 N–H and O–H groups in total. The first-order chi connectivity index (χ1) is 14.4. The summed E-state index contributed by atoms with van der Waals surface area (Å²) in [5.74, 6) is -0.0960. The van der Waals surface area contributed by atoms with Gasteiger partial charge in [0, 0.05) is 24.7 Å². The molecular weight excluding hydrogens is 418 g/mol. The molecule has 0 bridgehead atoms. The molecule has 2 heterocycles. The Hall–Kier alpha value is -2.45. The Morgan fingerprint density at radius 1 is 1.33 bits per heavy atom. The highest BCUT2D eigenvalue weighted by atomic mass is 32.1. The number of aryl methyl sites for hydroxylation is 2. The Kier molecular flexibility index (Phi) is 7.10. The van der Waals surface area contributed by atoms with Crippen LogP contribution < -0.4 is 5.01 Å². The number of methoxy groups -OCH3 is 1. The third kappa shape index (κ3) is 4.49. The Labute approximate surface area is 186 Å². The van der Waals surface area contributed by atoms with Crippen molar-refractivity contribution in [3.8, 4) is 16.2 Å². The van der Waals surface area contributed by atoms with Crippen LogP contribution in [0.25, 0.3) is 10.4 Å². The van der Waals surface area contributed by atoms with E-state index in [-0.39, 0.29) is 17.6 Å². The molecule has 0 spiro atoms. The topological polar surface area (TPSA) is 65.4 Å². The summed E-state index contributed by atoms with van der Waals surface area (Å²) in [6.07, 6.45) is 3.01. The van der Waals surface area contributed by atoms with Crippen LogP contribution in [-0.4, -0.2) is 47.5 Å². The third-order valence-corrected chi connectivity index (χ3v) is 6.89. The van der Waals surface area contributed by atoms with Gasteiger partial charge in [0.2, 0.25) is 0 Å². The first-order valence-electron chi connectivity index (χ1n) is 9.90. The molecule has 8 heteroatoms. The highest BCUT2D eigenvalue weighted by Crippen LogP contribution is 2.44. The first kappa shape index (κ1) is 22.2. The summed E-state index contributed by atoms with van der Waals surface area (Å²) in [4.78, 5) is 14.6. The second-order valence-electron chi connectivity index (χ2n) is 7.35. The quantitative estimate of drug-likeness (QED) is 0.318. The van der Waals surface area contributed by atoms with Gasteiger partial charge >= 0.3 is 5.97 Å². The largest absolute Gasteiger partial charge is 0.504 e. The molecule has 3 rings (SSSR count). The number of aromatic hydroxyl groups is 1. The van der Waals surface area contributed by atoms with Crippen molar-refractivity contribution >= 4 is 46.5 Å². The van der Waals surface area contributed by atoms with Crippen LogP contribution in [0.2, 0.25) is 0 Å². The number of hydrogen-bond acceptors (Lipinski definition) is 6. The number of likely N-dealkylation sites (tertiary alicyclic amines) is 1. The molecule has 0 radical (unpaired) electrons. The fourth-order valence-corrected chi connectivity index (χ4v) is 4.77. The number of hydrogen-bond donors (Lipinski definition) is 1. The van der Waals surface area contributed by atoms with Crippen molar-refractivity contribution in [1.82, 2.24) is 4.90 Å². The molecule has 1 fully saturated rings. The first-order valence-corrected chi connectivity index (χ1v) is 11.2. The van der Waals surface area contributed by atoms with E-state index < -0.39 is 0 Å². The number of hydrazone groups is 1. The molecule has 160 valence electrons. The Bertz CT molecular complexity index is 963. The van der Waals surface area contributed by atoms with Crippen molar-refractivity contribution < 1.29 is 14.6 Å². The number of rotatable bonds is 4. The number of thiocarbonyl (C=S) groups is 1. The number of nitrogens with zero attached hydrogens (tertiary/aromatic N) is 3. The molecule has 1 aromatic heterocycles. The van der Waals surface area contributed by atoms with Crippen LogP contribution in [0, 0.1) is 19.8 Å². The summed E-state index contributed by atoms with van der Waals surface area (Å²) in [7, 11) is 1.42. The summed E-state index contributed by atoms with van der Waals surface area (Å²) in [5.41, 5.74) is 3.92. The maximum atomic E-state index is 11.8. The highest BCUT2D eigenvalue weighted by molar-refractivity contribution is 7.80. The monoisotopic (exact) mass is 445 g/mol. The van der Waals surface area contributed by atoms with E-state index in [0.29, 0.717) is 36.7 Å². The summed E-state index contributed by atoms with van der Waals surface area (Å²) in [5, 5.41) is 19.4. The lowest BCUT2D eigenvalue weighted by molar-refractivity contribution is -0.146. The van der Waals surface area contributed by atoms with Crippen LogP contribution in [-0.2, 0) is 9.53 Å². The zero-order valence-corrected chi connectivity index (χ0v) is 19.3. The summed E-state index contributed by atoms with van der Waals surface area (Å²) in [6, 6.07) is 6.15. The Morgan fingerprint density at radius 3 is 2.63 bits per heavy atom. The van der Waals surface area contributed by atoms with Crippen molar-refractivity contribution in [1.29, 1.82) is 0 Å². The van der Waals surface area contributed by atoms with Crippen LogP contribution >= 0.6 is 23.6 Å². The molecule has 1 aliphatic rings. The zero-order valence-electron chi connectivity index (χ0n) is 17.7. The number of benzene rings is 1. The molecule has 1 aliphatic heterocycles. The van der Waals surface area contributed by atoms with E-state index in [0.717, 1.165) is 10.4 Å². The van der Waals surface area contributed by atoms with E-state index in [1.54, 1.807) is 11.2 Å². The van der Waals surface area contributed by atoms with Gasteiger partial charge in [0.05, 0.1) is 17.9 Å². The second kappa shape index (κ2) is 9.57. The van der Waals surface area contributed by atoms with Gasteiger partial charge in [-0.15, -0.1) is 11.3 Å². The van der Waals surface area contributed by atoms with E-state index in [1.807, 2.05) is 23.3 Å². The van der Waals surface area contributed by atoms with E-state index in [2.05, 4.69) is 31.1 Å². The predicted molar refractivity (Wildman–Crippen MR) is 126 cm³/mol. The van der Waals surface area contributed by atoms with Crippen molar-refractivity contribution in [2.24, 2.45) is 11.0 Å². The molecule has 0 saturated carbocycles. The van der Waals surface area contributed by atoms with Crippen LogP contribution in [0.5, 0.6) is 5.75 Å². The summed E-state index contributed by atoms with van der Waals surface area (Å²) >= 11 is 7.18. The Balaban J connectivity index is 1.83. The van der Waals surface area contributed by atoms with Gasteiger partial charge in [0.1, 0.15) is 5.69 Å². The molecule has 0 aliphatic carbocycles. The predicted octanol–water partition coefficient (Wildman–Crippen LogP) is 4.72. The van der Waals surface area contributed by atoms with Crippen LogP contribution in [0.15, 0.2) is 28.7 Å². The number of carbonyl (C=O) groups is 1. The minimum absolute atomic E-state index is 0.0943. The van der Waals surface area contributed by atoms with Crippen LogP contribution in [0.4, 0.5) is 5.69 Å². The van der Waals surface area contributed by atoms with Gasteiger partial charge in [-0.25, -0.2) is 5.01 Å². The van der Waals surface area contributed by atoms with Gasteiger partial charge in [-0.2, -0.15) is 5.10 Å². The smallest absolute Gasteiger partial charge is 0.308 e. The molecule has 0 unspecified atom stereocenters. The van der Waals surface area contributed by atoms with Gasteiger partial charge in [-0.05, 0) is 62.5 Å². The van der Waals surface area contributed by atoms with E-state index >= 15 is 0 Å². The molecule has 2 aromatic rings. The van der Waals surface area contributed by atoms with E-state index in [1.165, 1.54) is 29.6 Å². The number of anilines is 1. The minimum atomic E-state index is -0.169. The van der Waals surface area contributed by atoms with E-state index in [9.17, 15) is 9.90 Å². The number of esters is 1. The lowest BCUT2D eigenvalue weighted by Crippen LogP contribution is -2.45.